The molecular formula is C22H33IN6. The molecule has 6 nitrogen and oxygen atoms in total. The van der Waals surface area contributed by atoms with E-state index in [0.717, 1.165) is 51.0 Å². The van der Waals surface area contributed by atoms with E-state index in [1.807, 2.05) is 18.3 Å². The average molecular weight is 508 g/mol. The van der Waals surface area contributed by atoms with Gasteiger partial charge >= 0.3 is 0 Å². The van der Waals surface area contributed by atoms with E-state index < -0.39 is 0 Å². The van der Waals surface area contributed by atoms with Crippen LogP contribution in [-0.4, -0.2) is 67.6 Å². The largest absolute Gasteiger partial charge is 0.357 e. The van der Waals surface area contributed by atoms with Crippen LogP contribution in [0, 0.1) is 0 Å². The Labute approximate surface area is 192 Å². The number of nitrogens with zero attached hydrogens (tertiary/aromatic N) is 5. The Bertz CT molecular complexity index is 757. The van der Waals surface area contributed by atoms with Gasteiger partial charge in [-0.3, -0.25) is 0 Å². The lowest BCUT2D eigenvalue weighted by molar-refractivity contribution is 0.371. The molecule has 0 unspecified atom stereocenters. The van der Waals surface area contributed by atoms with Gasteiger partial charge in [-0.15, -0.1) is 24.0 Å². The number of hydrogen-bond donors (Lipinski definition) is 1. The van der Waals surface area contributed by atoms with Crippen LogP contribution in [0.1, 0.15) is 18.1 Å². The Kier molecular flexibility index (Phi) is 9.66. The molecule has 0 amide bonds. The normalized spacial score (nSPS) is 14.7. The van der Waals surface area contributed by atoms with Crippen LogP contribution in [0.4, 0.5) is 5.82 Å². The molecule has 2 heterocycles. The van der Waals surface area contributed by atoms with E-state index in [1.165, 1.54) is 11.1 Å². The van der Waals surface area contributed by atoms with E-state index in [1.54, 1.807) is 0 Å². The molecular weight excluding hydrogens is 475 g/mol. The highest BCUT2D eigenvalue weighted by Crippen LogP contribution is 2.14. The first-order valence-corrected chi connectivity index (χ1v) is 10.1. The fourth-order valence-electron chi connectivity index (χ4n) is 3.48. The molecule has 0 aliphatic carbocycles. The minimum absolute atomic E-state index is 0. The molecule has 0 spiro atoms. The number of hydrogen-bond acceptors (Lipinski definition) is 4. The summed E-state index contributed by atoms with van der Waals surface area (Å²) < 4.78 is 0. The molecule has 1 aromatic heterocycles. The van der Waals surface area contributed by atoms with Crippen molar-refractivity contribution in [2.45, 2.75) is 20.0 Å². The van der Waals surface area contributed by atoms with Crippen LogP contribution >= 0.6 is 24.0 Å². The Morgan fingerprint density at radius 3 is 2.34 bits per heavy atom. The second kappa shape index (κ2) is 12.0. The Morgan fingerprint density at radius 2 is 1.72 bits per heavy atom. The maximum absolute atomic E-state index is 4.95. The third kappa shape index (κ3) is 6.85. The van der Waals surface area contributed by atoms with Gasteiger partial charge in [0.15, 0.2) is 5.96 Å². The van der Waals surface area contributed by atoms with Gasteiger partial charge in [0.2, 0.25) is 0 Å². The molecule has 2 aromatic rings. The number of pyridine rings is 1. The van der Waals surface area contributed by atoms with E-state index in [2.05, 4.69) is 76.4 Å². The van der Waals surface area contributed by atoms with Crippen LogP contribution in [0.5, 0.6) is 0 Å². The first kappa shape index (κ1) is 23.4. The van der Waals surface area contributed by atoms with E-state index in [-0.39, 0.29) is 24.0 Å². The number of rotatable bonds is 6. The lowest BCUT2D eigenvalue weighted by Crippen LogP contribution is -2.52. The van der Waals surface area contributed by atoms with Crippen molar-refractivity contribution in [3.63, 3.8) is 0 Å². The number of anilines is 1. The lowest BCUT2D eigenvalue weighted by atomic mass is 10.1. The number of halogens is 1. The topological polar surface area (TPSA) is 47.0 Å². The summed E-state index contributed by atoms with van der Waals surface area (Å²) in [5.74, 6) is 2.06. The van der Waals surface area contributed by atoms with Crippen molar-refractivity contribution < 1.29 is 0 Å². The maximum Gasteiger partial charge on any atom is 0.194 e. The number of aliphatic imine (C=N–C) groups is 1. The summed E-state index contributed by atoms with van der Waals surface area (Å²) in [5, 5.41) is 3.47. The van der Waals surface area contributed by atoms with Crippen LogP contribution in [-0.2, 0) is 13.1 Å². The van der Waals surface area contributed by atoms with Gasteiger partial charge in [0, 0.05) is 45.5 Å². The van der Waals surface area contributed by atoms with Gasteiger partial charge in [-0.2, -0.15) is 0 Å². The predicted octanol–water partition coefficient (Wildman–Crippen LogP) is 3.05. The summed E-state index contributed by atoms with van der Waals surface area (Å²) in [6.45, 7) is 8.44. The van der Waals surface area contributed by atoms with Crippen molar-refractivity contribution in [3.8, 4) is 0 Å². The fourth-order valence-corrected chi connectivity index (χ4v) is 3.48. The van der Waals surface area contributed by atoms with Crippen LogP contribution in [0.25, 0.3) is 0 Å². The number of aromatic nitrogens is 1. The van der Waals surface area contributed by atoms with Crippen molar-refractivity contribution in [1.29, 1.82) is 0 Å². The fraction of sp³-hybridized carbons (Fsp3) is 0.455. The molecule has 0 atom stereocenters. The maximum atomic E-state index is 4.95. The highest BCUT2D eigenvalue weighted by atomic mass is 127. The molecule has 7 heteroatoms. The standard InChI is InChI=1S/C22H32N6.HI/c1-4-23-22(25-17-19-9-5-6-10-20(19)18-26(2)3)28-15-13-27(14-16-28)21-11-7-8-12-24-21;/h5-12H,4,13-18H2,1-3H3,(H,23,25);1H. The van der Waals surface area contributed by atoms with E-state index >= 15 is 0 Å². The van der Waals surface area contributed by atoms with Crippen molar-refractivity contribution >= 4 is 35.8 Å². The van der Waals surface area contributed by atoms with Crippen molar-refractivity contribution in [1.82, 2.24) is 20.1 Å². The summed E-state index contributed by atoms with van der Waals surface area (Å²) in [6, 6.07) is 14.7. The Balaban J connectivity index is 0.00000300. The smallest absolute Gasteiger partial charge is 0.194 e. The third-order valence-electron chi connectivity index (χ3n) is 4.89. The van der Waals surface area contributed by atoms with E-state index in [4.69, 9.17) is 4.99 Å². The van der Waals surface area contributed by atoms with E-state index in [0.29, 0.717) is 6.54 Å². The molecule has 0 radical (unpaired) electrons. The predicted molar refractivity (Wildman–Crippen MR) is 132 cm³/mol. The number of benzene rings is 1. The zero-order valence-electron chi connectivity index (χ0n) is 17.7. The monoisotopic (exact) mass is 508 g/mol. The Hall–Kier alpha value is -1.87. The lowest BCUT2D eigenvalue weighted by Gasteiger charge is -2.37. The summed E-state index contributed by atoms with van der Waals surface area (Å²) in [4.78, 5) is 16.3. The van der Waals surface area contributed by atoms with Gasteiger partial charge in [-0.1, -0.05) is 30.3 Å². The molecule has 1 saturated heterocycles. The first-order chi connectivity index (χ1) is 13.7. The summed E-state index contributed by atoms with van der Waals surface area (Å²) in [5.41, 5.74) is 2.63. The summed E-state index contributed by atoms with van der Waals surface area (Å²) >= 11 is 0. The Morgan fingerprint density at radius 1 is 1.03 bits per heavy atom. The molecule has 0 bridgehead atoms. The van der Waals surface area contributed by atoms with Gasteiger partial charge in [0.05, 0.1) is 6.54 Å². The second-order valence-electron chi connectivity index (χ2n) is 7.34. The number of nitrogens with one attached hydrogen (secondary N) is 1. The first-order valence-electron chi connectivity index (χ1n) is 10.1. The molecule has 29 heavy (non-hydrogen) atoms. The molecule has 1 aliphatic rings. The highest BCUT2D eigenvalue weighted by Gasteiger charge is 2.20. The molecule has 1 aliphatic heterocycles. The minimum atomic E-state index is 0. The number of piperazine rings is 1. The molecule has 0 saturated carbocycles. The van der Waals surface area contributed by atoms with Crippen LogP contribution in [0.15, 0.2) is 53.7 Å². The van der Waals surface area contributed by atoms with Crippen molar-refractivity contribution in [2.24, 2.45) is 4.99 Å². The van der Waals surface area contributed by atoms with Crippen LogP contribution in [0.3, 0.4) is 0 Å². The van der Waals surface area contributed by atoms with Gasteiger partial charge < -0.3 is 20.0 Å². The molecule has 1 aromatic carbocycles. The zero-order chi connectivity index (χ0) is 19.8. The average Bonchev–Trinajstić information content (AvgIpc) is 2.72. The number of guanidine groups is 1. The molecule has 1 fully saturated rings. The van der Waals surface area contributed by atoms with Crippen molar-refractivity contribution in [2.75, 3.05) is 51.7 Å². The quantitative estimate of drug-likeness (QED) is 0.370. The van der Waals surface area contributed by atoms with Crippen molar-refractivity contribution in [3.05, 3.63) is 59.8 Å². The summed E-state index contributed by atoms with van der Waals surface area (Å²) in [7, 11) is 4.20. The SMILES string of the molecule is CCNC(=NCc1ccccc1CN(C)C)N1CCN(c2ccccn2)CC1.I. The summed E-state index contributed by atoms with van der Waals surface area (Å²) in [6.07, 6.45) is 1.86. The van der Waals surface area contributed by atoms with Gasteiger partial charge in [-0.25, -0.2) is 9.98 Å². The molecule has 158 valence electrons. The zero-order valence-corrected chi connectivity index (χ0v) is 20.0. The molecule has 1 N–H and O–H groups in total. The van der Waals surface area contributed by atoms with Gasteiger partial charge in [-0.05, 0) is 44.3 Å². The third-order valence-corrected chi connectivity index (χ3v) is 4.89. The highest BCUT2D eigenvalue weighted by molar-refractivity contribution is 14.0. The van der Waals surface area contributed by atoms with Crippen LogP contribution in [0.2, 0.25) is 0 Å². The van der Waals surface area contributed by atoms with Gasteiger partial charge in [0.1, 0.15) is 5.82 Å². The van der Waals surface area contributed by atoms with E-state index in [9.17, 15) is 0 Å². The second-order valence-corrected chi connectivity index (χ2v) is 7.34. The minimum Gasteiger partial charge on any atom is -0.357 e. The molecule has 3 rings (SSSR count). The van der Waals surface area contributed by atoms with Crippen LogP contribution < -0.4 is 10.2 Å². The van der Waals surface area contributed by atoms with Gasteiger partial charge in [0.25, 0.3) is 0 Å².